The van der Waals surface area contributed by atoms with E-state index in [0.717, 1.165) is 17.5 Å². The van der Waals surface area contributed by atoms with Gasteiger partial charge in [-0.2, -0.15) is 0 Å². The van der Waals surface area contributed by atoms with Gasteiger partial charge in [-0.1, -0.05) is 67.5 Å². The summed E-state index contributed by atoms with van der Waals surface area (Å²) in [6.07, 6.45) is 0.687. The maximum atomic E-state index is 10.8. The third kappa shape index (κ3) is 4.12. The van der Waals surface area contributed by atoms with Crippen molar-refractivity contribution in [2.45, 2.75) is 78.9 Å². The lowest BCUT2D eigenvalue weighted by Gasteiger charge is -2.32. The SMILES string of the molecule is CC(C)(C)c1cc(CC(C)(C)C2OCCO2)cc(C(C)(C)C)c1O. The number of phenolic OH excluding ortho intramolecular Hbond substituents is 1. The van der Waals surface area contributed by atoms with Crippen LogP contribution >= 0.6 is 0 Å². The molecule has 0 saturated carbocycles. The molecule has 24 heavy (non-hydrogen) atoms. The van der Waals surface area contributed by atoms with Gasteiger partial charge in [0.1, 0.15) is 5.75 Å². The fourth-order valence-electron chi connectivity index (χ4n) is 3.36. The second-order valence-electron chi connectivity index (χ2n) is 9.78. The number of hydrogen-bond donors (Lipinski definition) is 1. The Morgan fingerprint density at radius 3 is 1.67 bits per heavy atom. The number of aromatic hydroxyl groups is 1. The Hall–Kier alpha value is -1.06. The topological polar surface area (TPSA) is 38.7 Å². The van der Waals surface area contributed by atoms with Gasteiger partial charge >= 0.3 is 0 Å². The number of phenols is 1. The largest absolute Gasteiger partial charge is 0.507 e. The van der Waals surface area contributed by atoms with Gasteiger partial charge in [0, 0.05) is 5.41 Å². The van der Waals surface area contributed by atoms with Crippen molar-refractivity contribution in [3.8, 4) is 5.75 Å². The molecule has 0 amide bonds. The zero-order valence-corrected chi connectivity index (χ0v) is 16.6. The van der Waals surface area contributed by atoms with E-state index >= 15 is 0 Å². The van der Waals surface area contributed by atoms with Crippen molar-refractivity contribution in [1.82, 2.24) is 0 Å². The molecule has 3 nitrogen and oxygen atoms in total. The molecular weight excluding hydrogens is 300 g/mol. The quantitative estimate of drug-likeness (QED) is 0.852. The average molecular weight is 335 g/mol. The van der Waals surface area contributed by atoms with E-state index in [2.05, 4.69) is 67.5 Å². The van der Waals surface area contributed by atoms with Crippen LogP contribution in [0.15, 0.2) is 12.1 Å². The van der Waals surface area contributed by atoms with Crippen LogP contribution in [0.5, 0.6) is 5.75 Å². The standard InChI is InChI=1S/C21H34O3/c1-19(2,3)15-11-14(12-16(17(15)22)20(4,5)6)13-21(7,8)18-23-9-10-24-18/h11-12,18,22H,9-10,13H2,1-8H3. The summed E-state index contributed by atoms with van der Waals surface area (Å²) >= 11 is 0. The Kier molecular flexibility index (Phi) is 5.09. The molecule has 136 valence electrons. The molecule has 1 aliphatic heterocycles. The third-order valence-corrected chi connectivity index (χ3v) is 4.71. The van der Waals surface area contributed by atoms with Crippen LogP contribution < -0.4 is 0 Å². The summed E-state index contributed by atoms with van der Waals surface area (Å²) in [5, 5.41) is 10.8. The summed E-state index contributed by atoms with van der Waals surface area (Å²) in [6.45, 7) is 18.6. The lowest BCUT2D eigenvalue weighted by Crippen LogP contribution is -2.32. The van der Waals surface area contributed by atoms with E-state index in [0.29, 0.717) is 19.0 Å². The van der Waals surface area contributed by atoms with Gasteiger partial charge in [0.25, 0.3) is 0 Å². The third-order valence-electron chi connectivity index (χ3n) is 4.71. The molecule has 0 aromatic heterocycles. The molecule has 2 rings (SSSR count). The zero-order valence-electron chi connectivity index (χ0n) is 16.6. The fourth-order valence-corrected chi connectivity index (χ4v) is 3.36. The first kappa shape index (κ1) is 19.3. The average Bonchev–Trinajstić information content (AvgIpc) is 2.92. The lowest BCUT2D eigenvalue weighted by molar-refractivity contribution is -0.119. The first-order chi connectivity index (χ1) is 10.8. The van der Waals surface area contributed by atoms with Gasteiger partial charge in [0.2, 0.25) is 0 Å². The van der Waals surface area contributed by atoms with Crippen LogP contribution in [0.25, 0.3) is 0 Å². The molecule has 1 saturated heterocycles. The predicted octanol–water partition coefficient (Wildman–Crippen LogP) is 4.93. The van der Waals surface area contributed by atoms with Crippen LogP contribution in [-0.4, -0.2) is 24.6 Å². The molecule has 0 spiro atoms. The summed E-state index contributed by atoms with van der Waals surface area (Å²) in [4.78, 5) is 0. The second kappa shape index (κ2) is 6.34. The maximum Gasteiger partial charge on any atom is 0.163 e. The van der Waals surface area contributed by atoms with Crippen molar-refractivity contribution in [2.24, 2.45) is 5.41 Å². The molecule has 0 bridgehead atoms. The van der Waals surface area contributed by atoms with Crippen LogP contribution in [-0.2, 0) is 26.7 Å². The minimum absolute atomic E-state index is 0.107. The van der Waals surface area contributed by atoms with Crippen molar-refractivity contribution < 1.29 is 14.6 Å². The second-order valence-corrected chi connectivity index (χ2v) is 9.78. The van der Waals surface area contributed by atoms with Gasteiger partial charge in [-0.3, -0.25) is 0 Å². The summed E-state index contributed by atoms with van der Waals surface area (Å²) < 4.78 is 11.5. The van der Waals surface area contributed by atoms with Crippen molar-refractivity contribution in [2.75, 3.05) is 13.2 Å². The summed E-state index contributed by atoms with van der Waals surface area (Å²) in [6, 6.07) is 4.31. The lowest BCUT2D eigenvalue weighted by atomic mass is 9.76. The molecule has 0 radical (unpaired) electrons. The van der Waals surface area contributed by atoms with E-state index in [1.165, 1.54) is 5.56 Å². The van der Waals surface area contributed by atoms with Crippen LogP contribution in [0.4, 0.5) is 0 Å². The summed E-state index contributed by atoms with van der Waals surface area (Å²) in [7, 11) is 0. The Bertz CT molecular complexity index is 547. The van der Waals surface area contributed by atoms with E-state index in [1.807, 2.05) is 0 Å². The first-order valence-corrected chi connectivity index (χ1v) is 8.92. The van der Waals surface area contributed by atoms with Gasteiger partial charge in [0.15, 0.2) is 6.29 Å². The molecule has 1 aliphatic rings. The van der Waals surface area contributed by atoms with Gasteiger partial charge < -0.3 is 14.6 Å². The Morgan fingerprint density at radius 1 is 0.875 bits per heavy atom. The Labute approximate surface area is 147 Å². The molecular formula is C21H34O3. The first-order valence-electron chi connectivity index (χ1n) is 8.92. The van der Waals surface area contributed by atoms with E-state index in [-0.39, 0.29) is 22.5 Å². The van der Waals surface area contributed by atoms with Crippen molar-refractivity contribution in [1.29, 1.82) is 0 Å². The van der Waals surface area contributed by atoms with Crippen LogP contribution in [0.3, 0.4) is 0 Å². The molecule has 3 heteroatoms. The number of rotatable bonds is 3. The van der Waals surface area contributed by atoms with Gasteiger partial charge in [-0.05, 0) is 33.9 Å². The van der Waals surface area contributed by atoms with Crippen molar-refractivity contribution in [3.63, 3.8) is 0 Å². The highest BCUT2D eigenvalue weighted by Crippen LogP contribution is 2.41. The molecule has 1 heterocycles. The van der Waals surface area contributed by atoms with E-state index in [9.17, 15) is 5.11 Å². The zero-order chi connectivity index (χ0) is 18.3. The molecule has 0 aliphatic carbocycles. The molecule has 0 atom stereocenters. The van der Waals surface area contributed by atoms with E-state index < -0.39 is 0 Å². The molecule has 1 fully saturated rings. The number of ether oxygens (including phenoxy) is 2. The smallest absolute Gasteiger partial charge is 0.163 e. The van der Waals surface area contributed by atoms with E-state index in [1.54, 1.807) is 0 Å². The molecule has 1 aromatic rings. The van der Waals surface area contributed by atoms with Crippen LogP contribution in [0, 0.1) is 5.41 Å². The predicted molar refractivity (Wildman–Crippen MR) is 98.7 cm³/mol. The summed E-state index contributed by atoms with van der Waals surface area (Å²) in [5.74, 6) is 0.435. The Morgan fingerprint density at radius 2 is 1.29 bits per heavy atom. The highest BCUT2D eigenvalue weighted by molar-refractivity contribution is 5.50. The van der Waals surface area contributed by atoms with Crippen molar-refractivity contribution in [3.05, 3.63) is 28.8 Å². The van der Waals surface area contributed by atoms with Crippen molar-refractivity contribution >= 4 is 0 Å². The van der Waals surface area contributed by atoms with Crippen LogP contribution in [0.2, 0.25) is 0 Å². The highest BCUT2D eigenvalue weighted by Gasteiger charge is 2.35. The summed E-state index contributed by atoms with van der Waals surface area (Å²) in [5.41, 5.74) is 2.92. The minimum atomic E-state index is -0.164. The normalized spacial score (nSPS) is 17.5. The van der Waals surface area contributed by atoms with E-state index in [4.69, 9.17) is 9.47 Å². The Balaban J connectivity index is 2.46. The van der Waals surface area contributed by atoms with Gasteiger partial charge in [-0.25, -0.2) is 0 Å². The maximum absolute atomic E-state index is 10.8. The molecule has 1 aromatic carbocycles. The number of hydrogen-bond acceptors (Lipinski definition) is 3. The monoisotopic (exact) mass is 334 g/mol. The van der Waals surface area contributed by atoms with Gasteiger partial charge in [0.05, 0.1) is 13.2 Å². The highest BCUT2D eigenvalue weighted by atomic mass is 16.7. The molecule has 1 N–H and O–H groups in total. The fraction of sp³-hybridized carbons (Fsp3) is 0.714. The number of benzene rings is 1. The van der Waals surface area contributed by atoms with Crippen LogP contribution in [0.1, 0.15) is 72.1 Å². The molecule has 0 unspecified atom stereocenters. The minimum Gasteiger partial charge on any atom is -0.507 e. The van der Waals surface area contributed by atoms with Gasteiger partial charge in [-0.15, -0.1) is 0 Å².